The minimum absolute atomic E-state index is 0.0723. The average molecular weight is 356 g/mol. The SMILES string of the molecule is CCNCCCS(=O)(=O)Nc1cc(Br)ccc1Cl. The van der Waals surface area contributed by atoms with Crippen LogP contribution in [0.25, 0.3) is 0 Å². The van der Waals surface area contributed by atoms with Gasteiger partial charge in [0.25, 0.3) is 0 Å². The first-order chi connectivity index (χ1) is 8.44. The van der Waals surface area contributed by atoms with Crippen LogP contribution in [0.3, 0.4) is 0 Å². The largest absolute Gasteiger partial charge is 0.317 e. The Balaban J connectivity index is 2.62. The quantitative estimate of drug-likeness (QED) is 0.739. The summed E-state index contributed by atoms with van der Waals surface area (Å²) in [6.07, 6.45) is 0.564. The van der Waals surface area contributed by atoms with E-state index in [1.54, 1.807) is 18.2 Å². The molecule has 18 heavy (non-hydrogen) atoms. The number of rotatable bonds is 7. The number of sulfonamides is 1. The fourth-order valence-electron chi connectivity index (χ4n) is 1.36. The Kier molecular flexibility index (Phi) is 6.42. The van der Waals surface area contributed by atoms with Gasteiger partial charge in [-0.15, -0.1) is 0 Å². The topological polar surface area (TPSA) is 58.2 Å². The molecule has 1 rings (SSSR count). The van der Waals surface area contributed by atoms with Crippen molar-refractivity contribution < 1.29 is 8.42 Å². The van der Waals surface area contributed by atoms with E-state index < -0.39 is 10.0 Å². The van der Waals surface area contributed by atoms with Crippen LogP contribution in [0, 0.1) is 0 Å². The van der Waals surface area contributed by atoms with Crippen LogP contribution in [0.1, 0.15) is 13.3 Å². The van der Waals surface area contributed by atoms with E-state index in [0.29, 0.717) is 23.7 Å². The fourth-order valence-corrected chi connectivity index (χ4v) is 3.07. The highest BCUT2D eigenvalue weighted by Gasteiger charge is 2.12. The van der Waals surface area contributed by atoms with E-state index in [2.05, 4.69) is 26.0 Å². The molecule has 0 bridgehead atoms. The molecular formula is C11H16BrClN2O2S. The van der Waals surface area contributed by atoms with Crippen LogP contribution < -0.4 is 10.0 Å². The molecule has 0 fully saturated rings. The van der Waals surface area contributed by atoms with Crippen LogP contribution in [0.15, 0.2) is 22.7 Å². The lowest BCUT2D eigenvalue weighted by Gasteiger charge is -2.10. The van der Waals surface area contributed by atoms with Crippen LogP contribution in [-0.2, 0) is 10.0 Å². The van der Waals surface area contributed by atoms with Crippen LogP contribution in [-0.4, -0.2) is 27.3 Å². The maximum absolute atomic E-state index is 11.8. The van der Waals surface area contributed by atoms with E-state index in [1.807, 2.05) is 6.92 Å². The van der Waals surface area contributed by atoms with Crippen molar-refractivity contribution in [1.29, 1.82) is 0 Å². The summed E-state index contributed by atoms with van der Waals surface area (Å²) in [4.78, 5) is 0. The third kappa shape index (κ3) is 5.56. The summed E-state index contributed by atoms with van der Waals surface area (Å²) in [5.41, 5.74) is 0.398. The second-order valence-electron chi connectivity index (χ2n) is 3.75. The lowest BCUT2D eigenvalue weighted by molar-refractivity contribution is 0.595. The molecule has 0 heterocycles. The first-order valence-electron chi connectivity index (χ1n) is 5.61. The standard InChI is InChI=1S/C11H16BrClN2O2S/c1-2-14-6-3-7-18(16,17)15-11-8-9(12)4-5-10(11)13/h4-5,8,14-15H,2-3,6-7H2,1H3. The molecule has 0 aromatic heterocycles. The van der Waals surface area contributed by atoms with Gasteiger partial charge < -0.3 is 5.32 Å². The zero-order valence-corrected chi connectivity index (χ0v) is 13.2. The molecule has 0 aliphatic rings. The minimum atomic E-state index is -3.35. The van der Waals surface area contributed by atoms with Crippen LogP contribution in [0.4, 0.5) is 5.69 Å². The molecule has 7 heteroatoms. The van der Waals surface area contributed by atoms with Crippen molar-refractivity contribution in [2.45, 2.75) is 13.3 Å². The van der Waals surface area contributed by atoms with Gasteiger partial charge >= 0.3 is 0 Å². The fraction of sp³-hybridized carbons (Fsp3) is 0.455. The van der Waals surface area contributed by atoms with Crippen molar-refractivity contribution in [2.24, 2.45) is 0 Å². The molecule has 0 unspecified atom stereocenters. The third-order valence-corrected chi connectivity index (χ3v) is 4.39. The highest BCUT2D eigenvalue weighted by molar-refractivity contribution is 9.10. The second-order valence-corrected chi connectivity index (χ2v) is 6.92. The summed E-state index contributed by atoms with van der Waals surface area (Å²) in [5, 5.41) is 3.46. The first kappa shape index (κ1) is 15.8. The van der Waals surface area contributed by atoms with E-state index in [1.165, 1.54) is 0 Å². The van der Waals surface area contributed by atoms with Gasteiger partial charge in [0.05, 0.1) is 16.5 Å². The number of nitrogens with one attached hydrogen (secondary N) is 2. The molecule has 0 amide bonds. The molecule has 0 spiro atoms. The number of benzene rings is 1. The van der Waals surface area contributed by atoms with Gasteiger partial charge in [0.15, 0.2) is 0 Å². The molecule has 1 aromatic carbocycles. The Labute approximate surface area is 121 Å². The summed E-state index contributed by atoms with van der Waals surface area (Å²) in [7, 11) is -3.35. The van der Waals surface area contributed by atoms with Crippen LogP contribution in [0.5, 0.6) is 0 Å². The number of hydrogen-bond donors (Lipinski definition) is 2. The Hall–Kier alpha value is -0.300. The molecular weight excluding hydrogens is 340 g/mol. The minimum Gasteiger partial charge on any atom is -0.317 e. The van der Waals surface area contributed by atoms with Gasteiger partial charge in [0, 0.05) is 4.47 Å². The average Bonchev–Trinajstić information content (AvgIpc) is 2.29. The highest BCUT2D eigenvalue weighted by atomic mass is 79.9. The van der Waals surface area contributed by atoms with E-state index in [-0.39, 0.29) is 5.75 Å². The van der Waals surface area contributed by atoms with Gasteiger partial charge in [-0.05, 0) is 37.7 Å². The summed E-state index contributed by atoms with van der Waals surface area (Å²) >= 11 is 9.20. The van der Waals surface area contributed by atoms with E-state index in [0.717, 1.165) is 11.0 Å². The number of halogens is 2. The zero-order chi connectivity index (χ0) is 13.6. The Morgan fingerprint density at radius 3 is 2.78 bits per heavy atom. The maximum atomic E-state index is 11.8. The predicted octanol–water partition coefficient (Wildman–Crippen LogP) is 2.84. The van der Waals surface area contributed by atoms with Gasteiger partial charge in [-0.1, -0.05) is 34.5 Å². The molecule has 0 radical (unpaired) electrons. The highest BCUT2D eigenvalue weighted by Crippen LogP contribution is 2.26. The lowest BCUT2D eigenvalue weighted by atomic mass is 10.3. The summed E-state index contributed by atoms with van der Waals surface area (Å²) < 4.78 is 26.9. The Bertz CT molecular complexity index is 494. The first-order valence-corrected chi connectivity index (χ1v) is 8.43. The Morgan fingerprint density at radius 2 is 2.11 bits per heavy atom. The smallest absolute Gasteiger partial charge is 0.232 e. The summed E-state index contributed by atoms with van der Waals surface area (Å²) in [5.74, 6) is 0.0723. The van der Waals surface area contributed by atoms with E-state index >= 15 is 0 Å². The molecule has 0 aliphatic carbocycles. The van der Waals surface area contributed by atoms with Crippen molar-refractivity contribution in [2.75, 3.05) is 23.6 Å². The maximum Gasteiger partial charge on any atom is 0.232 e. The second kappa shape index (κ2) is 7.33. The van der Waals surface area contributed by atoms with Gasteiger partial charge in [-0.25, -0.2) is 8.42 Å². The summed E-state index contributed by atoms with van der Waals surface area (Å²) in [6, 6.07) is 5.04. The summed E-state index contributed by atoms with van der Waals surface area (Å²) in [6.45, 7) is 3.50. The van der Waals surface area contributed by atoms with Crippen molar-refractivity contribution in [3.05, 3.63) is 27.7 Å². The number of anilines is 1. The third-order valence-electron chi connectivity index (χ3n) is 2.21. The molecule has 0 atom stereocenters. The molecule has 0 aliphatic heterocycles. The van der Waals surface area contributed by atoms with E-state index in [4.69, 9.17) is 11.6 Å². The monoisotopic (exact) mass is 354 g/mol. The van der Waals surface area contributed by atoms with Gasteiger partial charge in [-0.2, -0.15) is 0 Å². The molecule has 102 valence electrons. The molecule has 0 saturated heterocycles. The van der Waals surface area contributed by atoms with Gasteiger partial charge in [0.1, 0.15) is 0 Å². The van der Waals surface area contributed by atoms with Crippen molar-refractivity contribution >= 4 is 43.2 Å². The Morgan fingerprint density at radius 1 is 1.39 bits per heavy atom. The van der Waals surface area contributed by atoms with Gasteiger partial charge in [-0.3, -0.25) is 4.72 Å². The van der Waals surface area contributed by atoms with Gasteiger partial charge in [0.2, 0.25) is 10.0 Å². The van der Waals surface area contributed by atoms with Crippen molar-refractivity contribution in [3.63, 3.8) is 0 Å². The molecule has 0 saturated carbocycles. The van der Waals surface area contributed by atoms with E-state index in [9.17, 15) is 8.42 Å². The number of hydrogen-bond acceptors (Lipinski definition) is 3. The predicted molar refractivity (Wildman–Crippen MR) is 79.7 cm³/mol. The normalized spacial score (nSPS) is 11.5. The van der Waals surface area contributed by atoms with Crippen molar-refractivity contribution in [1.82, 2.24) is 5.32 Å². The molecule has 1 aromatic rings. The van der Waals surface area contributed by atoms with Crippen LogP contribution >= 0.6 is 27.5 Å². The molecule has 4 nitrogen and oxygen atoms in total. The van der Waals surface area contributed by atoms with Crippen molar-refractivity contribution in [3.8, 4) is 0 Å². The van der Waals surface area contributed by atoms with Crippen LogP contribution in [0.2, 0.25) is 5.02 Å². The molecule has 2 N–H and O–H groups in total. The lowest BCUT2D eigenvalue weighted by Crippen LogP contribution is -2.22. The zero-order valence-electron chi connectivity index (χ0n) is 10.0.